The highest BCUT2D eigenvalue weighted by Gasteiger charge is 2.13. The van der Waals surface area contributed by atoms with Crippen LogP contribution >= 0.6 is 0 Å². The van der Waals surface area contributed by atoms with Gasteiger partial charge in [-0.2, -0.15) is 0 Å². The molecule has 90 valence electrons. The maximum Gasteiger partial charge on any atom is 0.330 e. The van der Waals surface area contributed by atoms with Crippen molar-refractivity contribution in [2.45, 2.75) is 0 Å². The number of hydrogen-bond donors (Lipinski definition) is 2. The first-order valence-corrected chi connectivity index (χ1v) is 5.33. The van der Waals surface area contributed by atoms with E-state index in [0.29, 0.717) is 5.56 Å². The number of anilines is 1. The summed E-state index contributed by atoms with van der Waals surface area (Å²) in [4.78, 5) is 14.3. The first-order chi connectivity index (χ1) is 8.77. The van der Waals surface area contributed by atoms with Crippen LogP contribution in [0.15, 0.2) is 52.2 Å². The highest BCUT2D eigenvalue weighted by Crippen LogP contribution is 2.30. The number of rotatable bonds is 2. The molecule has 0 aliphatic rings. The maximum atomic E-state index is 11.7. The van der Waals surface area contributed by atoms with Crippen LogP contribution in [-0.2, 0) is 0 Å². The van der Waals surface area contributed by atoms with Gasteiger partial charge >= 0.3 is 5.69 Å². The second-order valence-corrected chi connectivity index (χ2v) is 3.76. The largest absolute Gasteiger partial charge is 0.367 e. The summed E-state index contributed by atoms with van der Waals surface area (Å²) >= 11 is 0. The van der Waals surface area contributed by atoms with Gasteiger partial charge in [0.2, 0.25) is 5.88 Å². The average Bonchev–Trinajstić information content (AvgIpc) is 2.98. The fraction of sp³-hybridized carbons (Fsp3) is 0. The second kappa shape index (κ2) is 3.92. The minimum absolute atomic E-state index is 0.211. The molecule has 0 unspecified atom stereocenters. The summed E-state index contributed by atoms with van der Waals surface area (Å²) in [6.45, 7) is 0. The number of imidazole rings is 1. The lowest BCUT2D eigenvalue weighted by atomic mass is 10.1. The number of para-hydroxylation sites is 1. The molecule has 6 nitrogen and oxygen atoms in total. The van der Waals surface area contributed by atoms with Crippen LogP contribution in [0.3, 0.4) is 0 Å². The van der Waals surface area contributed by atoms with Crippen molar-refractivity contribution in [3.8, 4) is 16.8 Å². The number of hydrogen-bond acceptors (Lipinski definition) is 4. The summed E-state index contributed by atoms with van der Waals surface area (Å²) < 4.78 is 6.36. The Morgan fingerprint density at radius 2 is 2.11 bits per heavy atom. The van der Waals surface area contributed by atoms with Gasteiger partial charge in [-0.1, -0.05) is 23.4 Å². The second-order valence-electron chi connectivity index (χ2n) is 3.76. The van der Waals surface area contributed by atoms with E-state index in [-0.39, 0.29) is 11.6 Å². The van der Waals surface area contributed by atoms with Crippen molar-refractivity contribution < 1.29 is 4.52 Å². The Hall–Kier alpha value is -2.76. The van der Waals surface area contributed by atoms with Crippen LogP contribution < -0.4 is 11.4 Å². The molecule has 2 aromatic heterocycles. The molecule has 2 heterocycles. The predicted molar refractivity (Wildman–Crippen MR) is 66.3 cm³/mol. The van der Waals surface area contributed by atoms with Gasteiger partial charge < -0.3 is 15.2 Å². The Labute approximate surface area is 102 Å². The molecule has 3 rings (SSSR count). The molecule has 0 fully saturated rings. The Bertz CT molecular complexity index is 738. The van der Waals surface area contributed by atoms with Crippen LogP contribution in [0.25, 0.3) is 16.8 Å². The Morgan fingerprint density at radius 1 is 1.28 bits per heavy atom. The summed E-state index contributed by atoms with van der Waals surface area (Å²) in [6.07, 6.45) is 4.77. The minimum atomic E-state index is -0.211. The van der Waals surface area contributed by atoms with E-state index in [4.69, 9.17) is 10.3 Å². The van der Waals surface area contributed by atoms with E-state index in [1.807, 2.05) is 24.3 Å². The quantitative estimate of drug-likeness (QED) is 0.710. The van der Waals surface area contributed by atoms with Crippen LogP contribution in [0.5, 0.6) is 0 Å². The van der Waals surface area contributed by atoms with E-state index in [0.717, 1.165) is 11.3 Å². The van der Waals surface area contributed by atoms with Crippen LogP contribution in [0, 0.1) is 0 Å². The number of nitrogens with one attached hydrogen (secondary N) is 1. The third-order valence-corrected chi connectivity index (χ3v) is 2.70. The van der Waals surface area contributed by atoms with Gasteiger partial charge in [-0.25, -0.2) is 4.79 Å². The Morgan fingerprint density at radius 3 is 2.78 bits per heavy atom. The predicted octanol–water partition coefficient (Wildman–Crippen LogP) is 1.40. The molecule has 3 N–H and O–H groups in total. The molecule has 0 aliphatic carbocycles. The van der Waals surface area contributed by atoms with E-state index < -0.39 is 0 Å². The molecule has 0 saturated heterocycles. The molecule has 0 radical (unpaired) electrons. The SMILES string of the molecule is Nc1oncc1-c1ccccc1-n1cc[nH]c1=O. The zero-order valence-corrected chi connectivity index (χ0v) is 9.33. The van der Waals surface area contributed by atoms with E-state index in [2.05, 4.69) is 10.1 Å². The molecular weight excluding hydrogens is 232 g/mol. The molecule has 6 heteroatoms. The van der Waals surface area contributed by atoms with E-state index in [9.17, 15) is 4.79 Å². The monoisotopic (exact) mass is 242 g/mol. The zero-order chi connectivity index (χ0) is 12.5. The van der Waals surface area contributed by atoms with Crippen molar-refractivity contribution in [2.24, 2.45) is 0 Å². The fourth-order valence-electron chi connectivity index (χ4n) is 1.87. The summed E-state index contributed by atoms with van der Waals surface area (Å²) in [7, 11) is 0. The average molecular weight is 242 g/mol. The van der Waals surface area contributed by atoms with Crippen molar-refractivity contribution in [3.63, 3.8) is 0 Å². The first kappa shape index (κ1) is 10.4. The lowest BCUT2D eigenvalue weighted by Crippen LogP contribution is -2.14. The van der Waals surface area contributed by atoms with E-state index in [1.165, 1.54) is 10.8 Å². The van der Waals surface area contributed by atoms with Crippen LogP contribution in [0.4, 0.5) is 5.88 Å². The molecule has 1 aromatic carbocycles. The number of benzene rings is 1. The lowest BCUT2D eigenvalue weighted by Gasteiger charge is -2.07. The highest BCUT2D eigenvalue weighted by molar-refractivity contribution is 5.78. The van der Waals surface area contributed by atoms with Gasteiger partial charge in [0.15, 0.2) is 0 Å². The molecule has 0 saturated carbocycles. The summed E-state index contributed by atoms with van der Waals surface area (Å²) in [5.74, 6) is 0.228. The van der Waals surface area contributed by atoms with Gasteiger partial charge in [-0.15, -0.1) is 0 Å². The molecule has 0 bridgehead atoms. The van der Waals surface area contributed by atoms with Crippen molar-refractivity contribution >= 4 is 5.88 Å². The molecule has 0 amide bonds. The molecular formula is C12H10N4O2. The number of aromatic amines is 1. The van der Waals surface area contributed by atoms with Crippen LogP contribution in [-0.4, -0.2) is 14.7 Å². The number of nitrogen functional groups attached to an aromatic ring is 1. The third kappa shape index (κ3) is 1.51. The van der Waals surface area contributed by atoms with Crippen molar-refractivity contribution in [2.75, 3.05) is 5.73 Å². The van der Waals surface area contributed by atoms with Crippen molar-refractivity contribution in [1.82, 2.24) is 14.7 Å². The fourth-order valence-corrected chi connectivity index (χ4v) is 1.87. The van der Waals surface area contributed by atoms with Gasteiger partial charge in [0.1, 0.15) is 0 Å². The van der Waals surface area contributed by atoms with Crippen LogP contribution in [0.1, 0.15) is 0 Å². The number of aromatic nitrogens is 3. The van der Waals surface area contributed by atoms with Crippen molar-refractivity contribution in [1.29, 1.82) is 0 Å². The summed E-state index contributed by atoms with van der Waals surface area (Å²) in [5, 5.41) is 3.65. The zero-order valence-electron chi connectivity index (χ0n) is 9.33. The third-order valence-electron chi connectivity index (χ3n) is 2.70. The molecule has 0 atom stereocenters. The first-order valence-electron chi connectivity index (χ1n) is 5.33. The summed E-state index contributed by atoms with van der Waals surface area (Å²) in [5.41, 5.74) is 7.67. The van der Waals surface area contributed by atoms with Gasteiger partial charge in [-0.3, -0.25) is 4.57 Å². The Balaban J connectivity index is 2.27. The number of nitrogens with two attached hydrogens (primary N) is 1. The normalized spacial score (nSPS) is 10.7. The minimum Gasteiger partial charge on any atom is -0.367 e. The molecule has 0 aliphatic heterocycles. The number of nitrogens with zero attached hydrogens (tertiary/aromatic N) is 2. The topological polar surface area (TPSA) is 89.8 Å². The summed E-state index contributed by atoms with van der Waals surface area (Å²) in [6, 6.07) is 7.40. The van der Waals surface area contributed by atoms with Gasteiger partial charge in [-0.05, 0) is 6.07 Å². The van der Waals surface area contributed by atoms with Gasteiger partial charge in [0.05, 0.1) is 17.4 Å². The standard InChI is InChI=1S/C12H10N4O2/c13-11-9(7-15-18-11)8-3-1-2-4-10(8)16-6-5-14-12(16)17/h1-7H,13H2,(H,14,17). The van der Waals surface area contributed by atoms with E-state index in [1.54, 1.807) is 12.4 Å². The Kier molecular flexibility index (Phi) is 2.26. The van der Waals surface area contributed by atoms with E-state index >= 15 is 0 Å². The number of H-pyrrole nitrogens is 1. The molecule has 18 heavy (non-hydrogen) atoms. The smallest absolute Gasteiger partial charge is 0.330 e. The molecule has 0 spiro atoms. The molecule has 3 aromatic rings. The lowest BCUT2D eigenvalue weighted by molar-refractivity contribution is 0.436. The van der Waals surface area contributed by atoms with Crippen molar-refractivity contribution in [3.05, 3.63) is 53.3 Å². The highest BCUT2D eigenvalue weighted by atomic mass is 16.5. The van der Waals surface area contributed by atoms with Gasteiger partial charge in [0.25, 0.3) is 0 Å². The van der Waals surface area contributed by atoms with Crippen LogP contribution in [0.2, 0.25) is 0 Å². The maximum absolute atomic E-state index is 11.7. The van der Waals surface area contributed by atoms with Gasteiger partial charge in [0, 0.05) is 18.0 Å².